The summed E-state index contributed by atoms with van der Waals surface area (Å²) < 4.78 is 5.29. The second kappa shape index (κ2) is 5.87. The average molecular weight is 223 g/mol. The van der Waals surface area contributed by atoms with E-state index in [0.29, 0.717) is 12.3 Å². The first kappa shape index (κ1) is 13.0. The van der Waals surface area contributed by atoms with Gasteiger partial charge >= 0.3 is 0 Å². The van der Waals surface area contributed by atoms with Crippen LogP contribution < -0.4 is 10.5 Å². The van der Waals surface area contributed by atoms with Crippen LogP contribution in [0, 0.1) is 0 Å². The molecule has 0 radical (unpaired) electrons. The van der Waals surface area contributed by atoms with Crippen LogP contribution in [0.3, 0.4) is 0 Å². The topological polar surface area (TPSA) is 55.5 Å². The maximum Gasteiger partial charge on any atom is 0.123 e. The molecule has 16 heavy (non-hydrogen) atoms. The monoisotopic (exact) mass is 223 g/mol. The van der Waals surface area contributed by atoms with Crippen LogP contribution in [0.25, 0.3) is 0 Å². The summed E-state index contributed by atoms with van der Waals surface area (Å²) >= 11 is 0. The third-order valence-corrected chi connectivity index (χ3v) is 2.76. The van der Waals surface area contributed by atoms with Crippen molar-refractivity contribution in [1.82, 2.24) is 0 Å². The van der Waals surface area contributed by atoms with Gasteiger partial charge in [0.05, 0.1) is 7.11 Å². The van der Waals surface area contributed by atoms with Crippen LogP contribution in [-0.2, 0) is 0 Å². The fourth-order valence-corrected chi connectivity index (χ4v) is 1.70. The smallest absolute Gasteiger partial charge is 0.123 e. The molecule has 0 aliphatic rings. The standard InChI is InChI=1S/C13H21NO2/c1-9(2)10-4-5-13(16-3)11(8-10)12(14)6-7-15/h4-5,8-9,12,15H,6-7,14H2,1-3H3. The van der Waals surface area contributed by atoms with Gasteiger partial charge in [0.1, 0.15) is 5.75 Å². The van der Waals surface area contributed by atoms with Gasteiger partial charge in [-0.15, -0.1) is 0 Å². The summed E-state index contributed by atoms with van der Waals surface area (Å²) in [6.45, 7) is 4.38. The molecule has 3 N–H and O–H groups in total. The van der Waals surface area contributed by atoms with E-state index in [1.54, 1.807) is 7.11 Å². The van der Waals surface area contributed by atoms with Crippen molar-refractivity contribution in [1.29, 1.82) is 0 Å². The van der Waals surface area contributed by atoms with Gasteiger partial charge < -0.3 is 15.6 Å². The van der Waals surface area contributed by atoms with Gasteiger partial charge in [-0.05, 0) is 24.0 Å². The van der Waals surface area contributed by atoms with Crippen molar-refractivity contribution >= 4 is 0 Å². The van der Waals surface area contributed by atoms with Crippen molar-refractivity contribution < 1.29 is 9.84 Å². The van der Waals surface area contributed by atoms with E-state index in [2.05, 4.69) is 26.0 Å². The SMILES string of the molecule is COc1ccc(C(C)C)cc1C(N)CCO. The normalized spacial score (nSPS) is 12.9. The second-order valence-corrected chi connectivity index (χ2v) is 4.27. The number of aliphatic hydroxyl groups excluding tert-OH is 1. The van der Waals surface area contributed by atoms with E-state index < -0.39 is 0 Å². The van der Waals surface area contributed by atoms with Crippen molar-refractivity contribution in [2.24, 2.45) is 5.73 Å². The zero-order valence-electron chi connectivity index (χ0n) is 10.2. The van der Waals surface area contributed by atoms with Crippen molar-refractivity contribution in [3.8, 4) is 5.75 Å². The third kappa shape index (κ3) is 2.97. The maximum absolute atomic E-state index is 8.92. The first-order valence-electron chi connectivity index (χ1n) is 5.64. The number of aliphatic hydroxyl groups is 1. The number of methoxy groups -OCH3 is 1. The Kier molecular flexibility index (Phi) is 4.77. The minimum Gasteiger partial charge on any atom is -0.496 e. The molecule has 0 aliphatic carbocycles. The number of hydrogen-bond acceptors (Lipinski definition) is 3. The summed E-state index contributed by atoms with van der Waals surface area (Å²) in [6, 6.07) is 5.91. The predicted molar refractivity (Wildman–Crippen MR) is 65.7 cm³/mol. The third-order valence-electron chi connectivity index (χ3n) is 2.76. The van der Waals surface area contributed by atoms with Gasteiger partial charge in [0, 0.05) is 18.2 Å². The lowest BCUT2D eigenvalue weighted by Crippen LogP contribution is -2.13. The van der Waals surface area contributed by atoms with Gasteiger partial charge in [-0.1, -0.05) is 26.0 Å². The van der Waals surface area contributed by atoms with Gasteiger partial charge in [-0.2, -0.15) is 0 Å². The molecule has 0 saturated carbocycles. The van der Waals surface area contributed by atoms with Crippen LogP contribution in [0.2, 0.25) is 0 Å². The molecule has 0 heterocycles. The van der Waals surface area contributed by atoms with Gasteiger partial charge in [0.2, 0.25) is 0 Å². The predicted octanol–water partition coefficient (Wildman–Crippen LogP) is 2.20. The van der Waals surface area contributed by atoms with E-state index in [4.69, 9.17) is 15.6 Å². The molecule has 1 rings (SSSR count). The quantitative estimate of drug-likeness (QED) is 0.804. The highest BCUT2D eigenvalue weighted by molar-refractivity contribution is 5.40. The zero-order valence-corrected chi connectivity index (χ0v) is 10.2. The summed E-state index contributed by atoms with van der Waals surface area (Å²) in [6.07, 6.45) is 0.553. The van der Waals surface area contributed by atoms with E-state index >= 15 is 0 Å². The molecule has 0 spiro atoms. The first-order valence-corrected chi connectivity index (χ1v) is 5.64. The van der Waals surface area contributed by atoms with Crippen molar-refractivity contribution in [2.75, 3.05) is 13.7 Å². The largest absolute Gasteiger partial charge is 0.496 e. The molecule has 90 valence electrons. The Hall–Kier alpha value is -1.06. The van der Waals surface area contributed by atoms with Crippen LogP contribution in [0.15, 0.2) is 18.2 Å². The molecule has 0 fully saturated rings. The molecule has 3 heteroatoms. The fourth-order valence-electron chi connectivity index (χ4n) is 1.70. The maximum atomic E-state index is 8.92. The number of hydrogen-bond donors (Lipinski definition) is 2. The van der Waals surface area contributed by atoms with Crippen LogP contribution in [0.4, 0.5) is 0 Å². The van der Waals surface area contributed by atoms with Crippen LogP contribution in [0.5, 0.6) is 5.75 Å². The van der Waals surface area contributed by atoms with Crippen molar-refractivity contribution in [2.45, 2.75) is 32.2 Å². The van der Waals surface area contributed by atoms with E-state index in [9.17, 15) is 0 Å². The van der Waals surface area contributed by atoms with E-state index in [-0.39, 0.29) is 12.6 Å². The molecule has 1 aromatic rings. The van der Waals surface area contributed by atoms with Crippen molar-refractivity contribution in [3.05, 3.63) is 29.3 Å². The lowest BCUT2D eigenvalue weighted by molar-refractivity contribution is 0.275. The van der Waals surface area contributed by atoms with Gasteiger partial charge in [0.25, 0.3) is 0 Å². The summed E-state index contributed by atoms with van der Waals surface area (Å²) in [5.74, 6) is 1.26. The number of rotatable bonds is 5. The molecule has 0 amide bonds. The lowest BCUT2D eigenvalue weighted by Gasteiger charge is -2.17. The second-order valence-electron chi connectivity index (χ2n) is 4.27. The summed E-state index contributed by atoms with van der Waals surface area (Å²) in [7, 11) is 1.64. The molecular weight excluding hydrogens is 202 g/mol. The fraction of sp³-hybridized carbons (Fsp3) is 0.538. The molecule has 0 saturated heterocycles. The number of benzene rings is 1. The average Bonchev–Trinajstić information content (AvgIpc) is 2.28. The Morgan fingerprint density at radius 3 is 2.56 bits per heavy atom. The molecule has 3 nitrogen and oxygen atoms in total. The Balaban J connectivity index is 3.06. The lowest BCUT2D eigenvalue weighted by atomic mass is 9.96. The minimum atomic E-state index is -0.168. The van der Waals surface area contributed by atoms with Gasteiger partial charge in [-0.3, -0.25) is 0 Å². The van der Waals surface area contributed by atoms with Crippen molar-refractivity contribution in [3.63, 3.8) is 0 Å². The summed E-state index contributed by atoms with van der Waals surface area (Å²) in [4.78, 5) is 0. The molecule has 1 unspecified atom stereocenters. The Labute approximate surface area is 97.2 Å². The van der Waals surface area contributed by atoms with E-state index in [0.717, 1.165) is 11.3 Å². The van der Waals surface area contributed by atoms with Crippen LogP contribution in [0.1, 0.15) is 43.4 Å². The van der Waals surface area contributed by atoms with Gasteiger partial charge in [-0.25, -0.2) is 0 Å². The first-order chi connectivity index (χ1) is 7.60. The summed E-state index contributed by atoms with van der Waals surface area (Å²) in [5.41, 5.74) is 8.23. The minimum absolute atomic E-state index is 0.0935. The summed E-state index contributed by atoms with van der Waals surface area (Å²) in [5, 5.41) is 8.92. The molecule has 0 aromatic heterocycles. The van der Waals surface area contributed by atoms with E-state index in [1.165, 1.54) is 5.56 Å². The molecule has 1 atom stereocenters. The molecule has 0 aliphatic heterocycles. The number of ether oxygens (including phenoxy) is 1. The Morgan fingerprint density at radius 1 is 1.38 bits per heavy atom. The molecular formula is C13H21NO2. The highest BCUT2D eigenvalue weighted by Gasteiger charge is 2.13. The zero-order chi connectivity index (χ0) is 12.1. The highest BCUT2D eigenvalue weighted by atomic mass is 16.5. The van der Waals surface area contributed by atoms with Gasteiger partial charge in [0.15, 0.2) is 0 Å². The number of nitrogens with two attached hydrogens (primary N) is 1. The Bertz CT molecular complexity index is 337. The molecule has 0 bridgehead atoms. The van der Waals surface area contributed by atoms with Crippen LogP contribution in [-0.4, -0.2) is 18.8 Å². The van der Waals surface area contributed by atoms with Crippen LogP contribution >= 0.6 is 0 Å². The highest BCUT2D eigenvalue weighted by Crippen LogP contribution is 2.29. The molecule has 1 aromatic carbocycles. The Morgan fingerprint density at radius 2 is 2.06 bits per heavy atom. The van der Waals surface area contributed by atoms with E-state index in [1.807, 2.05) is 6.07 Å².